The number of pyridine rings is 1. The number of allylic oxidation sites excluding steroid dienone is 2. The highest BCUT2D eigenvalue weighted by molar-refractivity contribution is 9.10. The SMILES string of the molecule is CC(C)(C)[Si](C)(C)O[C@H]1COC[C@@H](Cn2c(=O)n(C3=CCCCC3)c3ncc(Br)cc32)C1. The molecule has 0 spiro atoms. The minimum atomic E-state index is -1.87. The highest BCUT2D eigenvalue weighted by atomic mass is 79.9. The molecule has 2 atom stereocenters. The van der Waals surface area contributed by atoms with Crippen LogP contribution >= 0.6 is 15.9 Å². The molecule has 1 aliphatic carbocycles. The van der Waals surface area contributed by atoms with Crippen LogP contribution < -0.4 is 5.69 Å². The third-order valence-electron chi connectivity index (χ3n) is 7.25. The molecule has 176 valence electrons. The van der Waals surface area contributed by atoms with Gasteiger partial charge in [0, 0.05) is 28.8 Å². The van der Waals surface area contributed by atoms with Crippen molar-refractivity contribution in [2.45, 2.75) is 83.7 Å². The summed E-state index contributed by atoms with van der Waals surface area (Å²) in [6.45, 7) is 13.3. The summed E-state index contributed by atoms with van der Waals surface area (Å²) in [6, 6.07) is 2.01. The molecule has 0 saturated carbocycles. The van der Waals surface area contributed by atoms with E-state index in [1.165, 1.54) is 6.42 Å². The summed E-state index contributed by atoms with van der Waals surface area (Å²) in [7, 11) is -1.87. The molecule has 1 fully saturated rings. The van der Waals surface area contributed by atoms with E-state index >= 15 is 0 Å². The molecule has 0 amide bonds. The minimum Gasteiger partial charge on any atom is -0.412 e. The molecule has 8 heteroatoms. The molecule has 0 unspecified atom stereocenters. The van der Waals surface area contributed by atoms with Crippen LogP contribution in [0.2, 0.25) is 18.1 Å². The molecular weight excluding hydrogens is 486 g/mol. The van der Waals surface area contributed by atoms with Gasteiger partial charge < -0.3 is 9.16 Å². The first-order valence-electron chi connectivity index (χ1n) is 11.8. The van der Waals surface area contributed by atoms with Crippen LogP contribution in [0.15, 0.2) is 27.6 Å². The fourth-order valence-corrected chi connectivity index (χ4v) is 6.17. The van der Waals surface area contributed by atoms with E-state index in [1.54, 1.807) is 6.20 Å². The summed E-state index contributed by atoms with van der Waals surface area (Å²) in [5.41, 5.74) is 2.71. The molecule has 32 heavy (non-hydrogen) atoms. The maximum absolute atomic E-state index is 13.6. The van der Waals surface area contributed by atoms with Crippen molar-refractivity contribution in [2.75, 3.05) is 13.2 Å². The summed E-state index contributed by atoms with van der Waals surface area (Å²) < 4.78 is 17.2. The van der Waals surface area contributed by atoms with Gasteiger partial charge in [-0.15, -0.1) is 0 Å². The molecule has 2 aliphatic rings. The van der Waals surface area contributed by atoms with Gasteiger partial charge in [-0.05, 0) is 72.2 Å². The highest BCUT2D eigenvalue weighted by Crippen LogP contribution is 2.38. The Morgan fingerprint density at radius 3 is 2.75 bits per heavy atom. The van der Waals surface area contributed by atoms with E-state index in [2.05, 4.69) is 60.9 Å². The maximum Gasteiger partial charge on any atom is 0.334 e. The predicted octanol–water partition coefficient (Wildman–Crippen LogP) is 5.80. The van der Waals surface area contributed by atoms with E-state index < -0.39 is 8.32 Å². The molecule has 1 aliphatic heterocycles. The van der Waals surface area contributed by atoms with E-state index in [-0.39, 0.29) is 22.7 Å². The smallest absolute Gasteiger partial charge is 0.334 e. The Kier molecular flexibility index (Phi) is 6.88. The topological polar surface area (TPSA) is 58.3 Å². The molecule has 2 aromatic heterocycles. The van der Waals surface area contributed by atoms with Crippen LogP contribution in [0, 0.1) is 5.92 Å². The van der Waals surface area contributed by atoms with Crippen LogP contribution in [0.25, 0.3) is 16.9 Å². The third-order valence-corrected chi connectivity index (χ3v) is 12.2. The van der Waals surface area contributed by atoms with Crippen LogP contribution in [0.3, 0.4) is 0 Å². The lowest BCUT2D eigenvalue weighted by molar-refractivity contribution is -0.0338. The Bertz CT molecular complexity index is 1070. The normalized spacial score (nSPS) is 22.9. The highest BCUT2D eigenvalue weighted by Gasteiger charge is 2.40. The summed E-state index contributed by atoms with van der Waals surface area (Å²) in [5.74, 6) is 0.231. The van der Waals surface area contributed by atoms with Crippen molar-refractivity contribution in [3.63, 3.8) is 0 Å². The molecule has 2 aromatic rings. The second-order valence-corrected chi connectivity index (χ2v) is 16.5. The quantitative estimate of drug-likeness (QED) is 0.466. The van der Waals surface area contributed by atoms with Gasteiger partial charge in [0.1, 0.15) is 0 Å². The molecule has 0 aromatic carbocycles. The van der Waals surface area contributed by atoms with Gasteiger partial charge in [-0.1, -0.05) is 26.8 Å². The van der Waals surface area contributed by atoms with Crippen molar-refractivity contribution >= 4 is 41.1 Å². The number of hydrogen-bond acceptors (Lipinski definition) is 4. The molecule has 3 heterocycles. The lowest BCUT2D eigenvalue weighted by Gasteiger charge is -2.41. The van der Waals surface area contributed by atoms with Gasteiger partial charge in [-0.2, -0.15) is 0 Å². The van der Waals surface area contributed by atoms with Crippen LogP contribution in [-0.2, 0) is 15.7 Å². The molecule has 0 radical (unpaired) electrons. The first kappa shape index (κ1) is 23.9. The van der Waals surface area contributed by atoms with Crippen molar-refractivity contribution in [2.24, 2.45) is 5.92 Å². The summed E-state index contributed by atoms with van der Waals surface area (Å²) in [4.78, 5) is 18.2. The van der Waals surface area contributed by atoms with Gasteiger partial charge in [-0.3, -0.25) is 4.57 Å². The van der Waals surface area contributed by atoms with Crippen LogP contribution in [-0.4, -0.2) is 41.8 Å². The monoisotopic (exact) mass is 521 g/mol. The Hall–Kier alpha value is -1.22. The Morgan fingerprint density at radius 1 is 1.28 bits per heavy atom. The van der Waals surface area contributed by atoms with E-state index in [0.717, 1.165) is 47.0 Å². The molecule has 4 rings (SSSR count). The number of fused-ring (bicyclic) bond motifs is 1. The van der Waals surface area contributed by atoms with Crippen molar-refractivity contribution < 1.29 is 9.16 Å². The molecule has 1 saturated heterocycles. The molecule has 0 N–H and O–H groups in total. The lowest BCUT2D eigenvalue weighted by Crippen LogP contribution is -2.47. The number of nitrogens with zero attached hydrogens (tertiary/aromatic N) is 3. The number of aromatic nitrogens is 3. The lowest BCUT2D eigenvalue weighted by atomic mass is 10.0. The second-order valence-electron chi connectivity index (χ2n) is 10.8. The number of halogens is 1. The van der Waals surface area contributed by atoms with Gasteiger partial charge in [0.15, 0.2) is 14.0 Å². The van der Waals surface area contributed by atoms with E-state index in [1.807, 2.05) is 15.2 Å². The molecule has 6 nitrogen and oxygen atoms in total. The zero-order valence-electron chi connectivity index (χ0n) is 20.0. The summed E-state index contributed by atoms with van der Waals surface area (Å²) in [6.07, 6.45) is 9.22. The fourth-order valence-electron chi connectivity index (χ4n) is 4.50. The zero-order valence-corrected chi connectivity index (χ0v) is 22.6. The van der Waals surface area contributed by atoms with Crippen LogP contribution in [0.5, 0.6) is 0 Å². The van der Waals surface area contributed by atoms with Crippen LogP contribution in [0.4, 0.5) is 0 Å². The van der Waals surface area contributed by atoms with Crippen molar-refractivity contribution in [1.29, 1.82) is 0 Å². The minimum absolute atomic E-state index is 0.00573. The number of rotatable bonds is 5. The Balaban J connectivity index is 1.62. The Morgan fingerprint density at radius 2 is 2.06 bits per heavy atom. The predicted molar refractivity (Wildman–Crippen MR) is 135 cm³/mol. The van der Waals surface area contributed by atoms with E-state index in [0.29, 0.717) is 19.8 Å². The van der Waals surface area contributed by atoms with Crippen molar-refractivity contribution in [3.8, 4) is 0 Å². The second kappa shape index (κ2) is 9.20. The van der Waals surface area contributed by atoms with Gasteiger partial charge in [0.2, 0.25) is 0 Å². The zero-order chi connectivity index (χ0) is 23.1. The van der Waals surface area contributed by atoms with Gasteiger partial charge in [0.05, 0.1) is 24.8 Å². The largest absolute Gasteiger partial charge is 0.412 e. The van der Waals surface area contributed by atoms with Crippen molar-refractivity contribution in [1.82, 2.24) is 14.1 Å². The van der Waals surface area contributed by atoms with Gasteiger partial charge >= 0.3 is 5.69 Å². The van der Waals surface area contributed by atoms with Crippen molar-refractivity contribution in [3.05, 3.63) is 33.3 Å². The number of imidazole rings is 1. The maximum atomic E-state index is 13.6. The first-order valence-corrected chi connectivity index (χ1v) is 15.5. The first-order chi connectivity index (χ1) is 15.1. The number of hydrogen-bond donors (Lipinski definition) is 0. The van der Waals surface area contributed by atoms with Gasteiger partial charge in [-0.25, -0.2) is 14.3 Å². The third kappa shape index (κ3) is 4.83. The van der Waals surface area contributed by atoms with E-state index in [9.17, 15) is 4.79 Å². The molecular formula is C24H36BrN3O3Si. The van der Waals surface area contributed by atoms with Gasteiger partial charge in [0.25, 0.3) is 0 Å². The average molecular weight is 523 g/mol. The fraction of sp³-hybridized carbons (Fsp3) is 0.667. The Labute approximate surface area is 200 Å². The van der Waals surface area contributed by atoms with Crippen LogP contribution in [0.1, 0.15) is 52.9 Å². The summed E-state index contributed by atoms with van der Waals surface area (Å²) >= 11 is 3.54. The van der Waals surface area contributed by atoms with E-state index in [4.69, 9.17) is 9.16 Å². The molecule has 0 bridgehead atoms. The number of ether oxygens (including phenoxy) is 1. The standard InChI is InChI=1S/C24H36BrN3O3Si/c1-24(2,3)32(4,5)31-20-11-17(15-30-16-20)14-27-21-12-18(25)13-26-22(21)28(23(27)29)19-9-7-6-8-10-19/h9,12-13,17,20H,6-8,10-11,14-16H2,1-5H3/t17-,20-/m1/s1. The summed E-state index contributed by atoms with van der Waals surface area (Å²) in [5, 5.41) is 0.163. The average Bonchev–Trinajstić information content (AvgIpc) is 2.99.